The Hall–Kier alpha value is -3.26. The standard InChI is InChI=1S/C16H12N6OS/c23-14(19-16-20-17-11-24-16)13-10-18-22(12-6-2-1-3-7-12)15(13)21-8-4-5-9-21/h1-11H,(H,19,20,23). The quantitative estimate of drug-likeness (QED) is 0.621. The number of carbonyl (C=O) groups is 1. The van der Waals surface area contributed by atoms with Crippen molar-refractivity contribution in [1.82, 2.24) is 24.5 Å². The fourth-order valence-electron chi connectivity index (χ4n) is 2.38. The number of nitrogens with zero attached hydrogens (tertiary/aromatic N) is 5. The molecule has 0 atom stereocenters. The molecular formula is C16H12N6OS. The van der Waals surface area contributed by atoms with Crippen molar-refractivity contribution in [2.45, 2.75) is 0 Å². The van der Waals surface area contributed by atoms with Crippen molar-refractivity contribution in [1.29, 1.82) is 0 Å². The van der Waals surface area contributed by atoms with Gasteiger partial charge in [-0.1, -0.05) is 29.5 Å². The fourth-order valence-corrected chi connectivity index (χ4v) is 2.82. The monoisotopic (exact) mass is 336 g/mol. The summed E-state index contributed by atoms with van der Waals surface area (Å²) in [6.45, 7) is 0. The Kier molecular flexibility index (Phi) is 3.64. The lowest BCUT2D eigenvalue weighted by Gasteiger charge is -2.10. The predicted molar refractivity (Wildman–Crippen MR) is 90.8 cm³/mol. The third kappa shape index (κ3) is 2.59. The van der Waals surface area contributed by atoms with Gasteiger partial charge in [0.1, 0.15) is 11.1 Å². The van der Waals surface area contributed by atoms with E-state index in [1.807, 2.05) is 59.4 Å². The van der Waals surface area contributed by atoms with Crippen LogP contribution in [-0.4, -0.2) is 30.5 Å². The minimum Gasteiger partial charge on any atom is -0.308 e. The molecule has 0 aliphatic rings. The van der Waals surface area contributed by atoms with Crippen LogP contribution in [-0.2, 0) is 0 Å². The highest BCUT2D eigenvalue weighted by molar-refractivity contribution is 7.13. The highest BCUT2D eigenvalue weighted by Crippen LogP contribution is 2.21. The zero-order valence-electron chi connectivity index (χ0n) is 12.4. The summed E-state index contributed by atoms with van der Waals surface area (Å²) in [5.74, 6) is 0.380. The Morgan fingerprint density at radius 3 is 2.58 bits per heavy atom. The van der Waals surface area contributed by atoms with Crippen molar-refractivity contribution in [2.75, 3.05) is 5.32 Å². The topological polar surface area (TPSA) is 77.6 Å². The maximum atomic E-state index is 12.6. The van der Waals surface area contributed by atoms with E-state index in [1.54, 1.807) is 16.4 Å². The summed E-state index contributed by atoms with van der Waals surface area (Å²) < 4.78 is 3.59. The first kappa shape index (κ1) is 14.3. The van der Waals surface area contributed by atoms with Gasteiger partial charge in [0.2, 0.25) is 5.13 Å². The highest BCUT2D eigenvalue weighted by atomic mass is 32.1. The molecule has 3 heterocycles. The van der Waals surface area contributed by atoms with Crippen molar-refractivity contribution in [3.8, 4) is 11.5 Å². The van der Waals surface area contributed by atoms with E-state index in [9.17, 15) is 4.79 Å². The van der Waals surface area contributed by atoms with Gasteiger partial charge in [0.25, 0.3) is 5.91 Å². The molecule has 4 aromatic rings. The zero-order chi connectivity index (χ0) is 16.4. The van der Waals surface area contributed by atoms with Crippen molar-refractivity contribution in [2.24, 2.45) is 0 Å². The van der Waals surface area contributed by atoms with E-state index >= 15 is 0 Å². The third-order valence-electron chi connectivity index (χ3n) is 3.42. The van der Waals surface area contributed by atoms with E-state index in [-0.39, 0.29) is 5.91 Å². The molecule has 8 heteroatoms. The van der Waals surface area contributed by atoms with Gasteiger partial charge in [-0.3, -0.25) is 10.1 Å². The van der Waals surface area contributed by atoms with Crippen LogP contribution in [0.2, 0.25) is 0 Å². The maximum Gasteiger partial charge on any atom is 0.262 e. The molecule has 0 fully saturated rings. The molecule has 3 aromatic heterocycles. The van der Waals surface area contributed by atoms with Crippen molar-refractivity contribution < 1.29 is 4.79 Å². The Morgan fingerprint density at radius 2 is 1.88 bits per heavy atom. The van der Waals surface area contributed by atoms with E-state index in [1.165, 1.54) is 11.3 Å². The van der Waals surface area contributed by atoms with Gasteiger partial charge >= 0.3 is 0 Å². The molecule has 0 aliphatic heterocycles. The number of para-hydroxylation sites is 1. The molecule has 118 valence electrons. The second-order valence-corrected chi connectivity index (χ2v) is 5.75. The average molecular weight is 336 g/mol. The van der Waals surface area contributed by atoms with Crippen LogP contribution in [0.5, 0.6) is 0 Å². The first-order valence-electron chi connectivity index (χ1n) is 7.17. The molecule has 1 N–H and O–H groups in total. The summed E-state index contributed by atoms with van der Waals surface area (Å²) in [7, 11) is 0. The van der Waals surface area contributed by atoms with Gasteiger partial charge in [-0.05, 0) is 24.3 Å². The maximum absolute atomic E-state index is 12.6. The Balaban J connectivity index is 1.80. The summed E-state index contributed by atoms with van der Waals surface area (Å²) in [6.07, 6.45) is 5.30. The van der Waals surface area contributed by atoms with Crippen LogP contribution in [0.4, 0.5) is 5.13 Å². The van der Waals surface area contributed by atoms with Crippen LogP contribution >= 0.6 is 11.3 Å². The molecular weight excluding hydrogens is 324 g/mol. The average Bonchev–Trinajstić information content (AvgIpc) is 3.36. The molecule has 0 saturated heterocycles. The van der Waals surface area contributed by atoms with Gasteiger partial charge in [-0.15, -0.1) is 10.2 Å². The summed E-state index contributed by atoms with van der Waals surface area (Å²) in [5, 5.41) is 15.2. The molecule has 1 aromatic carbocycles. The van der Waals surface area contributed by atoms with Crippen LogP contribution in [0, 0.1) is 0 Å². The normalized spacial score (nSPS) is 10.7. The smallest absolute Gasteiger partial charge is 0.262 e. The van der Waals surface area contributed by atoms with Crippen LogP contribution in [0.15, 0.2) is 66.6 Å². The number of nitrogens with one attached hydrogen (secondary N) is 1. The Labute approximate surface area is 141 Å². The molecule has 0 radical (unpaired) electrons. The molecule has 0 unspecified atom stereocenters. The molecule has 0 saturated carbocycles. The number of aromatic nitrogens is 5. The number of rotatable bonds is 4. The number of hydrogen-bond donors (Lipinski definition) is 1. The van der Waals surface area contributed by atoms with E-state index in [4.69, 9.17) is 0 Å². The Bertz CT molecular complexity index is 944. The largest absolute Gasteiger partial charge is 0.308 e. The van der Waals surface area contributed by atoms with Crippen LogP contribution in [0.25, 0.3) is 11.5 Å². The van der Waals surface area contributed by atoms with Gasteiger partial charge < -0.3 is 4.57 Å². The van der Waals surface area contributed by atoms with Crippen LogP contribution < -0.4 is 5.32 Å². The van der Waals surface area contributed by atoms with Crippen LogP contribution in [0.3, 0.4) is 0 Å². The van der Waals surface area contributed by atoms with E-state index < -0.39 is 0 Å². The number of amides is 1. The summed E-state index contributed by atoms with van der Waals surface area (Å²) in [6, 6.07) is 13.5. The number of carbonyl (C=O) groups excluding carboxylic acids is 1. The summed E-state index contributed by atoms with van der Waals surface area (Å²) in [4.78, 5) is 12.6. The SMILES string of the molecule is O=C(Nc1nncs1)c1cnn(-c2ccccc2)c1-n1cccc1. The second-order valence-electron chi connectivity index (χ2n) is 4.92. The summed E-state index contributed by atoms with van der Waals surface area (Å²) in [5.41, 5.74) is 2.89. The van der Waals surface area contributed by atoms with Crippen molar-refractivity contribution in [3.63, 3.8) is 0 Å². The minimum atomic E-state index is -0.280. The molecule has 1 amide bonds. The minimum absolute atomic E-state index is 0.280. The van der Waals surface area contributed by atoms with Gasteiger partial charge in [-0.25, -0.2) is 4.68 Å². The number of benzene rings is 1. The van der Waals surface area contributed by atoms with Crippen molar-refractivity contribution >= 4 is 22.4 Å². The van der Waals surface area contributed by atoms with Gasteiger partial charge in [0, 0.05) is 12.4 Å². The van der Waals surface area contributed by atoms with E-state index in [0.717, 1.165) is 5.69 Å². The lowest BCUT2D eigenvalue weighted by Crippen LogP contribution is -2.15. The van der Waals surface area contributed by atoms with Gasteiger partial charge in [-0.2, -0.15) is 5.10 Å². The van der Waals surface area contributed by atoms with E-state index in [0.29, 0.717) is 16.5 Å². The number of hydrogen-bond acceptors (Lipinski definition) is 5. The Morgan fingerprint density at radius 1 is 1.08 bits per heavy atom. The van der Waals surface area contributed by atoms with Crippen molar-refractivity contribution in [3.05, 3.63) is 72.1 Å². The summed E-state index contributed by atoms with van der Waals surface area (Å²) >= 11 is 1.26. The molecule has 0 spiro atoms. The molecule has 0 aliphatic carbocycles. The van der Waals surface area contributed by atoms with Gasteiger partial charge in [0.15, 0.2) is 5.82 Å². The van der Waals surface area contributed by atoms with Crippen LogP contribution in [0.1, 0.15) is 10.4 Å². The van der Waals surface area contributed by atoms with E-state index in [2.05, 4.69) is 20.6 Å². The first-order valence-corrected chi connectivity index (χ1v) is 8.05. The highest BCUT2D eigenvalue weighted by Gasteiger charge is 2.20. The fraction of sp³-hybridized carbons (Fsp3) is 0. The lowest BCUT2D eigenvalue weighted by molar-refractivity contribution is 0.102. The number of anilines is 1. The molecule has 0 bridgehead atoms. The molecule has 7 nitrogen and oxygen atoms in total. The lowest BCUT2D eigenvalue weighted by atomic mass is 10.3. The molecule has 4 rings (SSSR count). The predicted octanol–water partition coefficient (Wildman–Crippen LogP) is 2.77. The second kappa shape index (κ2) is 6.09. The van der Waals surface area contributed by atoms with Gasteiger partial charge in [0.05, 0.1) is 11.9 Å². The first-order chi connectivity index (χ1) is 11.8. The zero-order valence-corrected chi connectivity index (χ0v) is 13.2. The third-order valence-corrected chi connectivity index (χ3v) is 4.03. The molecule has 24 heavy (non-hydrogen) atoms.